The summed E-state index contributed by atoms with van der Waals surface area (Å²) in [5.41, 5.74) is 2.49. The summed E-state index contributed by atoms with van der Waals surface area (Å²) in [7, 11) is 0. The molecule has 3 aromatic heterocycles. The number of carboxylic acid groups (broad SMARTS) is 1. The lowest BCUT2D eigenvalue weighted by Gasteiger charge is -2.15. The van der Waals surface area contributed by atoms with Crippen molar-refractivity contribution in [1.82, 2.24) is 14.5 Å². The van der Waals surface area contributed by atoms with Crippen LogP contribution in [0.5, 0.6) is 5.75 Å². The van der Waals surface area contributed by atoms with E-state index < -0.39 is 6.09 Å². The summed E-state index contributed by atoms with van der Waals surface area (Å²) in [6, 6.07) is 12.7. The number of rotatable bonds is 4. The number of aromatic nitrogens is 2. The van der Waals surface area contributed by atoms with Gasteiger partial charge in [0.1, 0.15) is 12.4 Å². The molecule has 1 N–H and O–H groups in total. The van der Waals surface area contributed by atoms with Crippen LogP contribution in [-0.4, -0.2) is 32.2 Å². The monoisotopic (exact) mass is 481 g/mol. The molecule has 0 aliphatic carbocycles. The van der Waals surface area contributed by atoms with Crippen molar-refractivity contribution in [3.8, 4) is 11.4 Å². The van der Waals surface area contributed by atoms with Crippen LogP contribution in [0.1, 0.15) is 22.6 Å². The summed E-state index contributed by atoms with van der Waals surface area (Å²) in [5, 5.41) is 11.1. The highest BCUT2D eigenvalue weighted by Crippen LogP contribution is 2.36. The van der Waals surface area contributed by atoms with Crippen molar-refractivity contribution in [3.05, 3.63) is 86.4 Å². The average Bonchev–Trinajstić information content (AvgIpc) is 2.99. The fourth-order valence-corrected chi connectivity index (χ4v) is 5.43. The molecule has 0 spiro atoms. The maximum atomic E-state index is 12.8. The largest absolute Gasteiger partial charge is 0.487 e. The molecule has 0 saturated carbocycles. The Morgan fingerprint density at radius 3 is 2.85 bits per heavy atom. The summed E-state index contributed by atoms with van der Waals surface area (Å²) in [6.45, 7) is 1.20. The minimum Gasteiger partial charge on any atom is -0.487 e. The van der Waals surface area contributed by atoms with E-state index in [0.717, 1.165) is 33.5 Å². The Bertz CT molecular complexity index is 1400. The normalized spacial score (nSPS) is 13.5. The van der Waals surface area contributed by atoms with Crippen LogP contribution in [0.2, 0.25) is 5.02 Å². The van der Waals surface area contributed by atoms with Crippen molar-refractivity contribution >= 4 is 39.1 Å². The minimum absolute atomic E-state index is 0.203. The maximum absolute atomic E-state index is 12.8. The molecule has 1 aromatic carbocycles. The quantitative estimate of drug-likeness (QED) is 0.438. The number of nitrogens with zero attached hydrogens (tertiary/aromatic N) is 3. The first kappa shape index (κ1) is 21.5. The Hall–Kier alpha value is -3.36. The SMILES string of the molecule is O=C(O)N1CCCc2c(sc3cc(-n4ccc(OCc5ccc(Cl)cn5)cc4=O)ccc23)C1. The third-order valence-electron chi connectivity index (χ3n) is 5.66. The van der Waals surface area contributed by atoms with Gasteiger partial charge in [0.05, 0.1) is 22.9 Å². The second kappa shape index (κ2) is 8.88. The highest BCUT2D eigenvalue weighted by Gasteiger charge is 2.22. The third-order valence-corrected chi connectivity index (χ3v) is 7.07. The number of carbonyl (C=O) groups is 1. The zero-order chi connectivity index (χ0) is 22.9. The molecule has 0 radical (unpaired) electrons. The maximum Gasteiger partial charge on any atom is 0.407 e. The number of hydrogen-bond acceptors (Lipinski definition) is 5. The predicted octanol–water partition coefficient (Wildman–Crippen LogP) is 5.11. The molecule has 33 heavy (non-hydrogen) atoms. The lowest BCUT2D eigenvalue weighted by atomic mass is 10.1. The van der Waals surface area contributed by atoms with E-state index in [2.05, 4.69) is 4.98 Å². The summed E-state index contributed by atoms with van der Waals surface area (Å²) >= 11 is 7.44. The first-order valence-corrected chi connectivity index (χ1v) is 11.7. The zero-order valence-electron chi connectivity index (χ0n) is 17.5. The van der Waals surface area contributed by atoms with Gasteiger partial charge in [0.25, 0.3) is 5.56 Å². The predicted molar refractivity (Wildman–Crippen MR) is 128 cm³/mol. The molecule has 5 rings (SSSR count). The molecule has 1 aliphatic heterocycles. The molecule has 9 heteroatoms. The van der Waals surface area contributed by atoms with E-state index in [1.165, 1.54) is 16.5 Å². The third kappa shape index (κ3) is 4.44. The first-order valence-electron chi connectivity index (χ1n) is 10.5. The fraction of sp³-hybridized carbons (Fsp3) is 0.208. The van der Waals surface area contributed by atoms with Crippen LogP contribution in [0.25, 0.3) is 15.8 Å². The van der Waals surface area contributed by atoms with Gasteiger partial charge in [0, 0.05) is 34.6 Å². The van der Waals surface area contributed by atoms with Crippen molar-refractivity contribution in [2.24, 2.45) is 0 Å². The Labute approximate surface area is 198 Å². The number of thiophene rings is 1. The number of halogens is 1. The van der Waals surface area contributed by atoms with Gasteiger partial charge in [-0.1, -0.05) is 17.7 Å². The molecular formula is C24H20ClN3O4S. The van der Waals surface area contributed by atoms with Gasteiger partial charge in [-0.3, -0.25) is 14.3 Å². The van der Waals surface area contributed by atoms with Gasteiger partial charge in [-0.25, -0.2) is 4.79 Å². The Morgan fingerprint density at radius 1 is 1.21 bits per heavy atom. The van der Waals surface area contributed by atoms with Crippen LogP contribution in [0.4, 0.5) is 4.79 Å². The van der Waals surface area contributed by atoms with E-state index in [1.54, 1.807) is 46.5 Å². The topological polar surface area (TPSA) is 84.7 Å². The van der Waals surface area contributed by atoms with Gasteiger partial charge >= 0.3 is 6.09 Å². The van der Waals surface area contributed by atoms with Gasteiger partial charge in [-0.2, -0.15) is 0 Å². The van der Waals surface area contributed by atoms with E-state index in [1.807, 2.05) is 18.2 Å². The zero-order valence-corrected chi connectivity index (χ0v) is 19.1. The average molecular weight is 482 g/mol. The van der Waals surface area contributed by atoms with E-state index in [0.29, 0.717) is 29.6 Å². The molecule has 4 heterocycles. The van der Waals surface area contributed by atoms with Crippen LogP contribution in [0.15, 0.2) is 59.7 Å². The second-order valence-electron chi connectivity index (χ2n) is 7.82. The minimum atomic E-state index is -0.887. The molecule has 1 aliphatic rings. The van der Waals surface area contributed by atoms with Crippen LogP contribution < -0.4 is 10.3 Å². The first-order chi connectivity index (χ1) is 16.0. The number of amides is 1. The van der Waals surface area contributed by atoms with E-state index in [9.17, 15) is 14.7 Å². The lowest BCUT2D eigenvalue weighted by Crippen LogP contribution is -2.28. The molecule has 7 nitrogen and oxygen atoms in total. The highest BCUT2D eigenvalue weighted by molar-refractivity contribution is 7.19. The van der Waals surface area contributed by atoms with Gasteiger partial charge in [0.2, 0.25) is 0 Å². The van der Waals surface area contributed by atoms with Crippen molar-refractivity contribution in [2.75, 3.05) is 6.54 Å². The van der Waals surface area contributed by atoms with E-state index in [4.69, 9.17) is 16.3 Å². The molecule has 1 amide bonds. The van der Waals surface area contributed by atoms with Crippen molar-refractivity contribution in [2.45, 2.75) is 26.0 Å². The van der Waals surface area contributed by atoms with Crippen LogP contribution in [-0.2, 0) is 19.6 Å². The van der Waals surface area contributed by atoms with E-state index >= 15 is 0 Å². The summed E-state index contributed by atoms with van der Waals surface area (Å²) in [4.78, 5) is 30.9. The Morgan fingerprint density at radius 2 is 2.09 bits per heavy atom. The summed E-state index contributed by atoms with van der Waals surface area (Å²) < 4.78 is 8.32. The molecule has 0 fully saturated rings. The van der Waals surface area contributed by atoms with E-state index in [-0.39, 0.29) is 12.2 Å². The molecule has 0 unspecified atom stereocenters. The Balaban J connectivity index is 1.39. The molecular weight excluding hydrogens is 462 g/mol. The molecule has 168 valence electrons. The van der Waals surface area contributed by atoms with Crippen LogP contribution in [0, 0.1) is 0 Å². The van der Waals surface area contributed by atoms with Gasteiger partial charge < -0.3 is 14.7 Å². The van der Waals surface area contributed by atoms with Crippen molar-refractivity contribution in [3.63, 3.8) is 0 Å². The van der Waals surface area contributed by atoms with Gasteiger partial charge in [-0.05, 0) is 54.1 Å². The number of hydrogen-bond donors (Lipinski definition) is 1. The molecule has 0 saturated heterocycles. The molecule has 0 bridgehead atoms. The number of fused-ring (bicyclic) bond motifs is 3. The number of benzene rings is 1. The highest BCUT2D eigenvalue weighted by atomic mass is 35.5. The van der Waals surface area contributed by atoms with Gasteiger partial charge in [0.15, 0.2) is 0 Å². The standard InChI is InChI=1S/C24H20ClN3O4S/c25-15-3-4-16(26-12-15)14-32-18-7-9-28(23(29)11-18)17-5-6-20-19-2-1-8-27(24(30)31)13-22(19)33-21(20)10-17/h3-7,9-12H,1-2,8,13-14H2,(H,30,31). The van der Waals surface area contributed by atoms with Crippen LogP contribution >= 0.6 is 22.9 Å². The summed E-state index contributed by atoms with van der Waals surface area (Å²) in [5.74, 6) is 0.464. The lowest BCUT2D eigenvalue weighted by molar-refractivity contribution is 0.143. The van der Waals surface area contributed by atoms with Crippen LogP contribution in [0.3, 0.4) is 0 Å². The summed E-state index contributed by atoms with van der Waals surface area (Å²) in [6.07, 6.45) is 4.02. The number of ether oxygens (including phenoxy) is 1. The smallest absolute Gasteiger partial charge is 0.407 e. The Kier molecular flexibility index (Phi) is 5.78. The fourth-order valence-electron chi connectivity index (χ4n) is 4.02. The number of pyridine rings is 2. The molecule has 0 atom stereocenters. The van der Waals surface area contributed by atoms with Crippen molar-refractivity contribution in [1.29, 1.82) is 0 Å². The van der Waals surface area contributed by atoms with Gasteiger partial charge in [-0.15, -0.1) is 11.3 Å². The second-order valence-corrected chi connectivity index (χ2v) is 9.39. The number of aryl methyl sites for hydroxylation is 1. The van der Waals surface area contributed by atoms with Crippen molar-refractivity contribution < 1.29 is 14.6 Å². The molecule has 4 aromatic rings.